The zero-order chi connectivity index (χ0) is 7.98. The van der Waals surface area contributed by atoms with E-state index >= 15 is 0 Å². The fraction of sp³-hybridized carbons (Fsp3) is 0.667. The van der Waals surface area contributed by atoms with E-state index in [1.807, 2.05) is 0 Å². The van der Waals surface area contributed by atoms with Gasteiger partial charge in [0.05, 0.1) is 0 Å². The van der Waals surface area contributed by atoms with E-state index in [2.05, 4.69) is 0 Å². The molecule has 4 nitrogen and oxygen atoms in total. The van der Waals surface area contributed by atoms with Gasteiger partial charge in [-0.15, -0.1) is 0 Å². The van der Waals surface area contributed by atoms with Gasteiger partial charge in [-0.1, -0.05) is 0 Å². The van der Waals surface area contributed by atoms with Crippen LogP contribution in [0.3, 0.4) is 0 Å². The van der Waals surface area contributed by atoms with E-state index in [0.717, 1.165) is 0 Å². The molecule has 6 heteroatoms. The molecule has 0 bridgehead atoms. The minimum atomic E-state index is -0.870. The topological polar surface area (TPSA) is 74.6 Å². The second-order valence-electron chi connectivity index (χ2n) is 1.99. The van der Waals surface area contributed by atoms with Crippen LogP contribution in [-0.4, -0.2) is 125 Å². The summed E-state index contributed by atoms with van der Waals surface area (Å²) in [5.41, 5.74) is 0. The zero-order valence-electron chi connectivity index (χ0n) is 7.54. The molecule has 2 N–H and O–H groups in total. The average molecular weight is 224 g/mol. The number of aliphatic carboxylic acids is 2. The van der Waals surface area contributed by atoms with Gasteiger partial charge in [-0.25, -0.2) is 0 Å². The number of hydrogen-bond acceptors (Lipinski definition) is 2. The fourth-order valence-electron chi connectivity index (χ4n) is 0.552. The molecule has 60 valence electrons. The number of unbranched alkanes of at least 4 members (excludes halogenated alkanes) is 1. The molecule has 12 heavy (non-hydrogen) atoms. The van der Waals surface area contributed by atoms with Crippen LogP contribution in [-0.2, 0) is 9.59 Å². The van der Waals surface area contributed by atoms with E-state index in [0.29, 0.717) is 12.8 Å². The van der Waals surface area contributed by atoms with Crippen LogP contribution in [0.4, 0.5) is 0 Å². The molecule has 0 fully saturated rings. The Hall–Kier alpha value is 2.21. The molecule has 0 saturated heterocycles. The van der Waals surface area contributed by atoms with E-state index in [4.69, 9.17) is 10.2 Å². The van der Waals surface area contributed by atoms with Crippen LogP contribution in [0.2, 0.25) is 0 Å². The van der Waals surface area contributed by atoms with Crippen LogP contribution >= 0.6 is 0 Å². The summed E-state index contributed by atoms with van der Waals surface area (Å²) in [7, 11) is 0. The zero-order valence-corrected chi connectivity index (χ0v) is 13.8. The van der Waals surface area contributed by atoms with Crippen LogP contribution in [0.1, 0.15) is 25.7 Å². The summed E-state index contributed by atoms with van der Waals surface area (Å²) in [6.45, 7) is 0. The van der Waals surface area contributed by atoms with Gasteiger partial charge in [0.25, 0.3) is 0 Å². The summed E-state index contributed by atoms with van der Waals surface area (Å²) in [5.74, 6) is -1.74. The fourth-order valence-corrected chi connectivity index (χ4v) is 0.552. The predicted octanol–water partition coefficient (Wildman–Crippen LogP) is -0.0456. The quantitative estimate of drug-likeness (QED) is 0.507. The molecule has 0 aromatic carbocycles. The molecule has 0 aliphatic rings. The summed E-state index contributed by atoms with van der Waals surface area (Å²) in [4.78, 5) is 19.8. The van der Waals surface area contributed by atoms with Crippen LogP contribution in [0.25, 0.3) is 0 Å². The van der Waals surface area contributed by atoms with Gasteiger partial charge in [-0.3, -0.25) is 9.59 Å². The minimum Gasteiger partial charge on any atom is -0.481 e. The van der Waals surface area contributed by atoms with Crippen molar-refractivity contribution in [1.29, 1.82) is 0 Å². The smallest absolute Gasteiger partial charge is 0.303 e. The largest absolute Gasteiger partial charge is 0.481 e. The monoisotopic (exact) mass is 224 g/mol. The standard InChI is InChI=1S/C6H10O4.2K/c7-5(8)3-1-2-4-6(9)10;;/h1-4H2,(H,7,8)(H,9,10);;. The molecule has 0 aromatic rings. The van der Waals surface area contributed by atoms with Crippen LogP contribution in [0.5, 0.6) is 0 Å². The number of hydrogen-bond donors (Lipinski definition) is 2. The third kappa shape index (κ3) is 18.1. The van der Waals surface area contributed by atoms with Crippen LogP contribution in [0, 0.1) is 0 Å². The van der Waals surface area contributed by atoms with Crippen molar-refractivity contribution in [3.63, 3.8) is 0 Å². The molecule has 0 amide bonds. The van der Waals surface area contributed by atoms with Gasteiger partial charge < -0.3 is 10.2 Å². The molecule has 2 radical (unpaired) electrons. The molecule has 0 aromatic heterocycles. The van der Waals surface area contributed by atoms with Crippen molar-refractivity contribution in [1.82, 2.24) is 0 Å². The molecule has 0 rings (SSSR count). The SMILES string of the molecule is O=C(O)CCCCC(=O)O.[K].[K]. The van der Waals surface area contributed by atoms with Crippen molar-refractivity contribution in [2.75, 3.05) is 0 Å². The van der Waals surface area contributed by atoms with Crippen molar-refractivity contribution in [2.24, 2.45) is 0 Å². The van der Waals surface area contributed by atoms with Gasteiger partial charge in [0, 0.05) is 116 Å². The third-order valence-corrected chi connectivity index (χ3v) is 1.03. The Labute approximate surface area is 156 Å². The molecule has 0 aliphatic carbocycles. The van der Waals surface area contributed by atoms with Gasteiger partial charge in [-0.05, 0) is 12.8 Å². The maximum atomic E-state index is 9.90. The van der Waals surface area contributed by atoms with Crippen molar-refractivity contribution in [3.05, 3.63) is 0 Å². The first-order valence-corrected chi connectivity index (χ1v) is 3.06. The van der Waals surface area contributed by atoms with Crippen molar-refractivity contribution in [2.45, 2.75) is 25.7 Å². The number of carboxylic acid groups (broad SMARTS) is 2. The Morgan fingerprint density at radius 3 is 1.25 bits per heavy atom. The summed E-state index contributed by atoms with van der Waals surface area (Å²) in [6.07, 6.45) is 1.02. The van der Waals surface area contributed by atoms with Crippen LogP contribution in [0.15, 0.2) is 0 Å². The Kier molecular flexibility index (Phi) is 21.7. The van der Waals surface area contributed by atoms with E-state index < -0.39 is 11.9 Å². The number of carbonyl (C=O) groups is 2. The van der Waals surface area contributed by atoms with E-state index in [1.165, 1.54) is 0 Å². The maximum absolute atomic E-state index is 9.90. The average Bonchev–Trinajstić information content (AvgIpc) is 1.79. The molecular weight excluding hydrogens is 214 g/mol. The van der Waals surface area contributed by atoms with E-state index in [9.17, 15) is 9.59 Å². The van der Waals surface area contributed by atoms with Gasteiger partial charge in [0.15, 0.2) is 0 Å². The molecule has 0 unspecified atom stereocenters. The predicted molar refractivity (Wildman–Crippen MR) is 45.2 cm³/mol. The first-order chi connectivity index (χ1) is 4.63. The third-order valence-electron chi connectivity index (χ3n) is 1.03. The van der Waals surface area contributed by atoms with Gasteiger partial charge in [-0.2, -0.15) is 0 Å². The number of rotatable bonds is 5. The normalized spacial score (nSPS) is 7.67. The Balaban J connectivity index is -0.000000405. The van der Waals surface area contributed by atoms with E-state index in [1.54, 1.807) is 0 Å². The molecular formula is C6H10K2O4. The van der Waals surface area contributed by atoms with Crippen molar-refractivity contribution >= 4 is 115 Å². The van der Waals surface area contributed by atoms with E-state index in [-0.39, 0.29) is 116 Å². The molecule has 0 atom stereocenters. The molecule has 0 heterocycles. The Morgan fingerprint density at radius 1 is 0.833 bits per heavy atom. The first kappa shape index (κ1) is 19.7. The second-order valence-corrected chi connectivity index (χ2v) is 1.99. The Bertz CT molecular complexity index is 122. The minimum absolute atomic E-state index is 0. The van der Waals surface area contributed by atoms with Gasteiger partial charge >= 0.3 is 11.9 Å². The first-order valence-electron chi connectivity index (χ1n) is 3.06. The second kappa shape index (κ2) is 13.2. The summed E-state index contributed by atoms with van der Waals surface area (Å²) >= 11 is 0. The van der Waals surface area contributed by atoms with Gasteiger partial charge in [0.1, 0.15) is 0 Å². The summed E-state index contributed by atoms with van der Waals surface area (Å²) in [6, 6.07) is 0. The molecule has 0 saturated carbocycles. The number of carboxylic acids is 2. The summed E-state index contributed by atoms with van der Waals surface area (Å²) in [5, 5.41) is 16.3. The van der Waals surface area contributed by atoms with Crippen LogP contribution < -0.4 is 0 Å². The summed E-state index contributed by atoms with van der Waals surface area (Å²) < 4.78 is 0. The molecule has 0 spiro atoms. The molecule has 0 aliphatic heterocycles. The maximum Gasteiger partial charge on any atom is 0.303 e. The van der Waals surface area contributed by atoms with Crippen molar-refractivity contribution in [3.8, 4) is 0 Å². The van der Waals surface area contributed by atoms with Gasteiger partial charge in [0.2, 0.25) is 0 Å². The Morgan fingerprint density at radius 2 is 1.08 bits per heavy atom. The van der Waals surface area contributed by atoms with Crippen molar-refractivity contribution < 1.29 is 19.8 Å².